The Kier molecular flexibility index (Phi) is 2.88. The molecule has 3 N–H and O–H groups in total. The van der Waals surface area contributed by atoms with E-state index in [1.807, 2.05) is 0 Å². The van der Waals surface area contributed by atoms with Crippen molar-refractivity contribution >= 4 is 5.91 Å². The molecule has 0 bridgehead atoms. The molecule has 88 valence electrons. The van der Waals surface area contributed by atoms with Crippen LogP contribution in [0.25, 0.3) is 5.69 Å². The molecule has 1 amide bonds. The van der Waals surface area contributed by atoms with E-state index in [4.69, 9.17) is 10.8 Å². The number of hydrogen-bond donors (Lipinski definition) is 2. The summed E-state index contributed by atoms with van der Waals surface area (Å²) in [5.41, 5.74) is 6.17. The number of hydrogen-bond acceptors (Lipinski definition) is 3. The molecule has 2 rings (SSSR count). The Bertz CT molecular complexity index is 566. The van der Waals surface area contributed by atoms with Crippen LogP contribution in [0.5, 0.6) is 0 Å². The van der Waals surface area contributed by atoms with Crippen LogP contribution in [0.1, 0.15) is 15.9 Å². The maximum Gasteiger partial charge on any atom is 0.251 e. The Morgan fingerprint density at radius 2 is 2.24 bits per heavy atom. The standard InChI is InChI=1S/C11H10FN3O2/c12-9-1-7(6-16)2-10(3-9)15-5-8(4-14-15)11(13)17/h1-5,16H,6H2,(H2,13,17). The molecule has 1 heterocycles. The molecule has 0 fully saturated rings. The van der Waals surface area contributed by atoms with E-state index < -0.39 is 11.7 Å². The van der Waals surface area contributed by atoms with Gasteiger partial charge in [0.15, 0.2) is 0 Å². The predicted octanol–water partition coefficient (Wildman–Crippen LogP) is 0.603. The van der Waals surface area contributed by atoms with Gasteiger partial charge in [0.2, 0.25) is 0 Å². The van der Waals surface area contributed by atoms with Gasteiger partial charge in [0.1, 0.15) is 5.82 Å². The number of nitrogens with zero attached hydrogens (tertiary/aromatic N) is 2. The molecular formula is C11H10FN3O2. The molecule has 17 heavy (non-hydrogen) atoms. The topological polar surface area (TPSA) is 81.1 Å². The third kappa shape index (κ3) is 2.31. The number of aliphatic hydroxyl groups is 1. The molecule has 0 unspecified atom stereocenters. The van der Waals surface area contributed by atoms with Crippen molar-refractivity contribution in [1.29, 1.82) is 0 Å². The van der Waals surface area contributed by atoms with Crippen molar-refractivity contribution in [3.8, 4) is 5.69 Å². The number of carbonyl (C=O) groups excluding carboxylic acids is 1. The highest BCUT2D eigenvalue weighted by atomic mass is 19.1. The summed E-state index contributed by atoms with van der Waals surface area (Å²) in [4.78, 5) is 10.9. The number of amides is 1. The van der Waals surface area contributed by atoms with Crippen molar-refractivity contribution in [3.05, 3.63) is 47.5 Å². The number of primary amides is 1. The molecule has 0 aliphatic rings. The maximum atomic E-state index is 13.2. The van der Waals surface area contributed by atoms with Crippen LogP contribution in [0.4, 0.5) is 4.39 Å². The van der Waals surface area contributed by atoms with E-state index in [1.54, 1.807) is 6.07 Å². The zero-order chi connectivity index (χ0) is 12.4. The van der Waals surface area contributed by atoms with Crippen molar-refractivity contribution in [2.24, 2.45) is 5.73 Å². The van der Waals surface area contributed by atoms with Crippen LogP contribution in [-0.2, 0) is 6.61 Å². The second kappa shape index (κ2) is 4.34. The summed E-state index contributed by atoms with van der Waals surface area (Å²) in [6.45, 7) is -0.269. The van der Waals surface area contributed by atoms with Gasteiger partial charge in [-0.2, -0.15) is 5.10 Å². The Labute approximate surface area is 96.3 Å². The lowest BCUT2D eigenvalue weighted by Gasteiger charge is -2.04. The predicted molar refractivity (Wildman–Crippen MR) is 58.0 cm³/mol. The number of aromatic nitrogens is 2. The molecule has 0 atom stereocenters. The number of aliphatic hydroxyl groups excluding tert-OH is 1. The van der Waals surface area contributed by atoms with Gasteiger partial charge in [0.25, 0.3) is 5.91 Å². The highest BCUT2D eigenvalue weighted by Gasteiger charge is 2.07. The van der Waals surface area contributed by atoms with Crippen LogP contribution < -0.4 is 5.73 Å². The minimum atomic E-state index is -0.602. The van der Waals surface area contributed by atoms with E-state index in [0.29, 0.717) is 11.3 Å². The highest BCUT2D eigenvalue weighted by Crippen LogP contribution is 2.13. The number of nitrogens with two attached hydrogens (primary N) is 1. The van der Waals surface area contributed by atoms with E-state index in [1.165, 1.54) is 29.2 Å². The summed E-state index contributed by atoms with van der Waals surface area (Å²) in [6.07, 6.45) is 2.70. The first kappa shape index (κ1) is 11.3. The highest BCUT2D eigenvalue weighted by molar-refractivity contribution is 5.92. The van der Waals surface area contributed by atoms with Gasteiger partial charge in [0.05, 0.1) is 24.1 Å². The lowest BCUT2D eigenvalue weighted by molar-refractivity contribution is 0.100. The zero-order valence-electron chi connectivity index (χ0n) is 8.80. The number of benzene rings is 1. The summed E-state index contributed by atoms with van der Waals surface area (Å²) < 4.78 is 14.5. The van der Waals surface area contributed by atoms with Crippen LogP contribution in [0.2, 0.25) is 0 Å². The van der Waals surface area contributed by atoms with E-state index >= 15 is 0 Å². The summed E-state index contributed by atoms with van der Waals surface area (Å²) in [5, 5.41) is 12.8. The largest absolute Gasteiger partial charge is 0.392 e. The lowest BCUT2D eigenvalue weighted by Crippen LogP contribution is -2.09. The Morgan fingerprint density at radius 1 is 1.47 bits per heavy atom. The van der Waals surface area contributed by atoms with Crippen LogP contribution >= 0.6 is 0 Å². The van der Waals surface area contributed by atoms with Crippen LogP contribution in [0.3, 0.4) is 0 Å². The number of rotatable bonds is 3. The second-order valence-electron chi connectivity index (χ2n) is 3.51. The molecule has 0 radical (unpaired) electrons. The fourth-order valence-electron chi connectivity index (χ4n) is 1.45. The summed E-state index contributed by atoms with van der Waals surface area (Å²) in [6, 6.07) is 4.04. The fourth-order valence-corrected chi connectivity index (χ4v) is 1.45. The van der Waals surface area contributed by atoms with Gasteiger partial charge in [0, 0.05) is 6.20 Å². The second-order valence-corrected chi connectivity index (χ2v) is 3.51. The van der Waals surface area contributed by atoms with Crippen LogP contribution in [-0.4, -0.2) is 20.8 Å². The Hall–Kier alpha value is -2.21. The van der Waals surface area contributed by atoms with Gasteiger partial charge in [-0.05, 0) is 23.8 Å². The molecule has 6 heteroatoms. The van der Waals surface area contributed by atoms with E-state index in [0.717, 1.165) is 0 Å². The summed E-state index contributed by atoms with van der Waals surface area (Å²) in [7, 11) is 0. The zero-order valence-corrected chi connectivity index (χ0v) is 8.80. The van der Waals surface area contributed by atoms with Crippen molar-refractivity contribution < 1.29 is 14.3 Å². The van der Waals surface area contributed by atoms with Gasteiger partial charge in [-0.1, -0.05) is 0 Å². The first-order valence-corrected chi connectivity index (χ1v) is 4.85. The molecule has 1 aromatic carbocycles. The molecule has 0 aliphatic heterocycles. The third-order valence-corrected chi connectivity index (χ3v) is 2.26. The molecule has 0 saturated carbocycles. The minimum Gasteiger partial charge on any atom is -0.392 e. The maximum absolute atomic E-state index is 13.2. The van der Waals surface area contributed by atoms with Crippen LogP contribution in [0, 0.1) is 5.82 Å². The molecule has 0 spiro atoms. The van der Waals surface area contributed by atoms with Gasteiger partial charge in [-0.15, -0.1) is 0 Å². The van der Waals surface area contributed by atoms with Gasteiger partial charge < -0.3 is 10.8 Å². The minimum absolute atomic E-state index is 0.236. The molecule has 0 saturated heterocycles. The van der Waals surface area contributed by atoms with Crippen molar-refractivity contribution in [2.75, 3.05) is 0 Å². The van der Waals surface area contributed by atoms with Crippen molar-refractivity contribution in [1.82, 2.24) is 9.78 Å². The lowest BCUT2D eigenvalue weighted by atomic mass is 10.2. The van der Waals surface area contributed by atoms with E-state index in [2.05, 4.69) is 5.10 Å². The average Bonchev–Trinajstić information content (AvgIpc) is 2.77. The molecule has 2 aromatic rings. The van der Waals surface area contributed by atoms with Gasteiger partial charge >= 0.3 is 0 Å². The summed E-state index contributed by atoms with van der Waals surface area (Å²) >= 11 is 0. The Balaban J connectivity index is 2.44. The van der Waals surface area contributed by atoms with Gasteiger partial charge in [-0.3, -0.25) is 4.79 Å². The smallest absolute Gasteiger partial charge is 0.251 e. The monoisotopic (exact) mass is 235 g/mol. The molecular weight excluding hydrogens is 225 g/mol. The summed E-state index contributed by atoms with van der Waals surface area (Å²) in [5.74, 6) is -1.09. The first-order valence-electron chi connectivity index (χ1n) is 4.85. The quantitative estimate of drug-likeness (QED) is 0.817. The van der Waals surface area contributed by atoms with Crippen LogP contribution in [0.15, 0.2) is 30.6 Å². The Morgan fingerprint density at radius 3 is 2.82 bits per heavy atom. The fraction of sp³-hybridized carbons (Fsp3) is 0.0909. The normalized spacial score (nSPS) is 10.5. The van der Waals surface area contributed by atoms with E-state index in [9.17, 15) is 9.18 Å². The number of halogens is 1. The molecule has 0 aliphatic carbocycles. The SMILES string of the molecule is NC(=O)c1cnn(-c2cc(F)cc(CO)c2)c1. The van der Waals surface area contributed by atoms with Gasteiger partial charge in [-0.25, -0.2) is 9.07 Å². The average molecular weight is 235 g/mol. The number of carbonyl (C=O) groups is 1. The van der Waals surface area contributed by atoms with Crippen molar-refractivity contribution in [2.45, 2.75) is 6.61 Å². The molecule has 1 aromatic heterocycles. The van der Waals surface area contributed by atoms with Crippen molar-refractivity contribution in [3.63, 3.8) is 0 Å². The van der Waals surface area contributed by atoms with E-state index in [-0.39, 0.29) is 12.2 Å². The third-order valence-electron chi connectivity index (χ3n) is 2.26. The molecule has 5 nitrogen and oxygen atoms in total. The first-order chi connectivity index (χ1) is 8.10.